The second-order valence-corrected chi connectivity index (χ2v) is 12.2. The summed E-state index contributed by atoms with van der Waals surface area (Å²) in [4.78, 5) is 46.3. The van der Waals surface area contributed by atoms with Gasteiger partial charge in [-0.05, 0) is 74.5 Å². The fraction of sp³-hybridized carbons (Fsp3) is 0.667. The molecule has 1 aliphatic heterocycles. The number of nitrogens with two attached hydrogens (primary N) is 2. The van der Waals surface area contributed by atoms with Gasteiger partial charge in [0.25, 0.3) is 0 Å². The zero-order valence-corrected chi connectivity index (χ0v) is 25.1. The fourth-order valence-electron chi connectivity index (χ4n) is 6.13. The number of aromatic hydroxyl groups is 1. The zero-order chi connectivity index (χ0) is 31.7. The molecular weight excluding hydrogens is 556 g/mol. The molecule has 0 bridgehead atoms. The summed E-state index contributed by atoms with van der Waals surface area (Å²) in [5.41, 5.74) is 11.4. The second-order valence-electron chi connectivity index (χ2n) is 12.2. The number of hydrogen-bond acceptors (Lipinski definition) is 8. The van der Waals surface area contributed by atoms with Crippen LogP contribution in [-0.4, -0.2) is 98.5 Å². The van der Waals surface area contributed by atoms with Gasteiger partial charge in [0.05, 0.1) is 18.8 Å². The minimum atomic E-state index is -1.43. The molecule has 0 radical (unpaired) electrons. The predicted molar refractivity (Wildman–Crippen MR) is 161 cm³/mol. The van der Waals surface area contributed by atoms with Crippen LogP contribution in [0.3, 0.4) is 0 Å². The summed E-state index contributed by atoms with van der Waals surface area (Å²) in [7, 11) is 0. The van der Waals surface area contributed by atoms with E-state index in [0.29, 0.717) is 50.6 Å². The quantitative estimate of drug-likeness (QED) is 0.0776. The van der Waals surface area contributed by atoms with Crippen molar-refractivity contribution < 1.29 is 34.8 Å². The molecule has 240 valence electrons. The van der Waals surface area contributed by atoms with Gasteiger partial charge < -0.3 is 47.4 Å². The Bertz CT molecular complexity index is 1110. The Morgan fingerprint density at radius 3 is 2.42 bits per heavy atom. The number of aliphatic hydroxyl groups excluding tert-OH is 3. The Kier molecular flexibility index (Phi) is 12.6. The number of phenols is 1. The van der Waals surface area contributed by atoms with Crippen LogP contribution in [0.1, 0.15) is 64.4 Å². The van der Waals surface area contributed by atoms with Gasteiger partial charge in [0.2, 0.25) is 17.7 Å². The number of carbonyl (C=O) groups excluding carboxylic acids is 3. The summed E-state index contributed by atoms with van der Waals surface area (Å²) >= 11 is 0. The van der Waals surface area contributed by atoms with Gasteiger partial charge in [-0.15, -0.1) is 0 Å². The third-order valence-corrected chi connectivity index (χ3v) is 8.27. The Balaban J connectivity index is 1.77. The summed E-state index contributed by atoms with van der Waals surface area (Å²) in [5, 5.41) is 46.1. The van der Waals surface area contributed by atoms with Crippen molar-refractivity contribution in [2.24, 2.45) is 28.3 Å². The molecule has 0 aromatic heterocycles. The molecule has 1 aliphatic carbocycles. The Morgan fingerprint density at radius 1 is 1.09 bits per heavy atom. The van der Waals surface area contributed by atoms with Crippen LogP contribution in [0, 0.1) is 11.8 Å². The third-order valence-electron chi connectivity index (χ3n) is 8.27. The number of rotatable bonds is 14. The van der Waals surface area contributed by atoms with Gasteiger partial charge in [0.15, 0.2) is 5.96 Å². The maximum absolute atomic E-state index is 14.2. The molecule has 0 spiro atoms. The summed E-state index contributed by atoms with van der Waals surface area (Å²) in [6.45, 7) is 3.87. The lowest BCUT2D eigenvalue weighted by Gasteiger charge is -2.38. The summed E-state index contributed by atoms with van der Waals surface area (Å²) in [6, 6.07) is 3.35. The van der Waals surface area contributed by atoms with E-state index in [1.165, 1.54) is 17.0 Å². The molecule has 3 amide bonds. The lowest BCUT2D eigenvalue weighted by Crippen LogP contribution is -2.58. The van der Waals surface area contributed by atoms with Crippen LogP contribution in [0.4, 0.5) is 0 Å². The second kappa shape index (κ2) is 15.9. The first-order valence-electron chi connectivity index (χ1n) is 15.1. The minimum absolute atomic E-state index is 0.00744. The van der Waals surface area contributed by atoms with Crippen molar-refractivity contribution >= 4 is 23.7 Å². The Hall–Kier alpha value is -3.42. The number of fused-ring (bicyclic) bond motifs is 1. The van der Waals surface area contributed by atoms with E-state index in [9.17, 15) is 34.8 Å². The van der Waals surface area contributed by atoms with Crippen molar-refractivity contribution in [3.05, 3.63) is 29.8 Å². The molecule has 13 nitrogen and oxygen atoms in total. The number of aliphatic hydroxyl groups is 3. The van der Waals surface area contributed by atoms with E-state index in [4.69, 9.17) is 11.5 Å². The number of amides is 3. The third kappa shape index (κ3) is 9.80. The smallest absolute Gasteiger partial charge is 0.249 e. The molecule has 3 rings (SSSR count). The highest BCUT2D eigenvalue weighted by molar-refractivity contribution is 5.93. The van der Waals surface area contributed by atoms with E-state index in [-0.39, 0.29) is 49.0 Å². The highest BCUT2D eigenvalue weighted by Crippen LogP contribution is 2.40. The van der Waals surface area contributed by atoms with Crippen molar-refractivity contribution in [3.8, 4) is 5.75 Å². The highest BCUT2D eigenvalue weighted by atomic mass is 16.3. The molecule has 1 heterocycles. The zero-order valence-electron chi connectivity index (χ0n) is 25.1. The van der Waals surface area contributed by atoms with Gasteiger partial charge in [-0.25, -0.2) is 0 Å². The van der Waals surface area contributed by atoms with Crippen molar-refractivity contribution in [2.45, 2.75) is 102 Å². The van der Waals surface area contributed by atoms with Crippen LogP contribution in [0.25, 0.3) is 0 Å². The average Bonchev–Trinajstić information content (AvgIpc) is 3.33. The van der Waals surface area contributed by atoms with Crippen LogP contribution < -0.4 is 22.1 Å². The van der Waals surface area contributed by atoms with Gasteiger partial charge in [-0.3, -0.25) is 19.4 Å². The monoisotopic (exact) mass is 604 g/mol. The average molecular weight is 605 g/mol. The molecule has 43 heavy (non-hydrogen) atoms. The number of hydrogen-bond donors (Lipinski definition) is 8. The summed E-state index contributed by atoms with van der Waals surface area (Å²) in [6.07, 6.45) is 1.17. The van der Waals surface area contributed by atoms with Gasteiger partial charge in [0.1, 0.15) is 23.9 Å². The van der Waals surface area contributed by atoms with Crippen LogP contribution in [0.15, 0.2) is 29.3 Å². The van der Waals surface area contributed by atoms with Gasteiger partial charge in [-0.2, -0.15) is 0 Å². The van der Waals surface area contributed by atoms with E-state index < -0.39 is 48.1 Å². The number of nitrogens with one attached hydrogen (secondary N) is 2. The first kappa shape index (κ1) is 34.1. The molecule has 2 fully saturated rings. The van der Waals surface area contributed by atoms with Crippen molar-refractivity contribution in [1.82, 2.24) is 15.5 Å². The number of benzene rings is 1. The van der Waals surface area contributed by atoms with E-state index in [2.05, 4.69) is 15.6 Å². The summed E-state index contributed by atoms with van der Waals surface area (Å²) < 4.78 is 0. The molecule has 7 atom stereocenters. The molecule has 13 heteroatoms. The molecule has 1 saturated carbocycles. The van der Waals surface area contributed by atoms with Gasteiger partial charge in [-0.1, -0.05) is 26.0 Å². The van der Waals surface area contributed by atoms with Crippen molar-refractivity contribution in [1.29, 1.82) is 0 Å². The van der Waals surface area contributed by atoms with Crippen LogP contribution in [0.2, 0.25) is 0 Å². The fourth-order valence-corrected chi connectivity index (χ4v) is 6.13. The Morgan fingerprint density at radius 2 is 1.79 bits per heavy atom. The first-order chi connectivity index (χ1) is 20.4. The SMILES string of the molecule is CC(C)C[C@@H](NC(=O)[C@H](O)Cc1ccc(O)cc1)C(=O)N1[C@H](C(=O)N[C@@H](CO)CCCN=C(N)N)C[C@@H]2CC[C@@H](O)C[C@@H]21. The number of aliphatic imine (C=N–C) groups is 1. The topological polar surface area (TPSA) is 224 Å². The summed E-state index contributed by atoms with van der Waals surface area (Å²) in [5.74, 6) is -1.51. The number of nitrogens with zero attached hydrogens (tertiary/aromatic N) is 2. The largest absolute Gasteiger partial charge is 0.508 e. The molecular formula is C30H48N6O7. The molecule has 2 aliphatic rings. The van der Waals surface area contributed by atoms with E-state index >= 15 is 0 Å². The number of guanidine groups is 1. The lowest BCUT2D eigenvalue weighted by atomic mass is 9.83. The molecule has 1 aromatic rings. The van der Waals surface area contributed by atoms with Gasteiger partial charge in [0, 0.05) is 19.0 Å². The number of carbonyl (C=O) groups is 3. The predicted octanol–water partition coefficient (Wildman–Crippen LogP) is -0.512. The number of phenolic OH excluding ortho intramolecular Hbond substituents is 1. The van der Waals surface area contributed by atoms with Crippen LogP contribution >= 0.6 is 0 Å². The van der Waals surface area contributed by atoms with E-state index in [1.54, 1.807) is 12.1 Å². The van der Waals surface area contributed by atoms with E-state index in [1.807, 2.05) is 13.8 Å². The standard InChI is InChI=1S/C30H48N6O7/c1-17(2)12-23(35-28(42)26(40)13-18-5-8-21(38)9-6-18)29(43)36-24-15-22(39)10-7-19(24)14-25(36)27(41)34-20(16-37)4-3-11-33-30(31)32/h5-6,8-9,17,19-20,22-26,37-40H,3-4,7,10-16H2,1-2H3,(H,34,41)(H,35,42)(H4,31,32,33)/t19-,20+,22+,23+,24-,25-,26+/m0/s1. The minimum Gasteiger partial charge on any atom is -0.508 e. The highest BCUT2D eigenvalue weighted by Gasteiger charge is 2.50. The van der Waals surface area contributed by atoms with E-state index in [0.717, 1.165) is 0 Å². The van der Waals surface area contributed by atoms with Crippen molar-refractivity contribution in [3.63, 3.8) is 0 Å². The Labute approximate surface area is 252 Å². The maximum atomic E-state index is 14.2. The molecule has 1 saturated heterocycles. The van der Waals surface area contributed by atoms with Gasteiger partial charge >= 0.3 is 0 Å². The molecule has 10 N–H and O–H groups in total. The van der Waals surface area contributed by atoms with Crippen molar-refractivity contribution in [2.75, 3.05) is 13.2 Å². The lowest BCUT2D eigenvalue weighted by molar-refractivity contribution is -0.146. The molecule has 1 aromatic carbocycles. The van der Waals surface area contributed by atoms with Crippen LogP contribution in [0.5, 0.6) is 5.75 Å². The maximum Gasteiger partial charge on any atom is 0.249 e. The number of likely N-dealkylation sites (tertiary alicyclic amines) is 1. The normalized spacial score (nSPS) is 23.6. The van der Waals surface area contributed by atoms with Crippen LogP contribution in [-0.2, 0) is 20.8 Å². The first-order valence-corrected chi connectivity index (χ1v) is 15.1. The molecule has 0 unspecified atom stereocenters.